The Kier molecular flexibility index (Phi) is 4.66. The molecule has 102 valence electrons. The van der Waals surface area contributed by atoms with Gasteiger partial charge in [-0.1, -0.05) is 0 Å². The number of furan rings is 1. The quantitative estimate of drug-likeness (QED) is 0.808. The van der Waals surface area contributed by atoms with E-state index in [2.05, 4.69) is 9.62 Å². The zero-order chi connectivity index (χ0) is 13.0. The first-order valence-electron chi connectivity index (χ1n) is 5.93. The number of alkyl halides is 1. The van der Waals surface area contributed by atoms with Gasteiger partial charge in [0.2, 0.25) is 10.0 Å². The van der Waals surface area contributed by atoms with Gasteiger partial charge in [-0.05, 0) is 38.1 Å². The molecule has 0 spiro atoms. The Bertz CT molecular complexity index is 455. The van der Waals surface area contributed by atoms with E-state index in [9.17, 15) is 8.42 Å². The summed E-state index contributed by atoms with van der Waals surface area (Å²) in [5, 5.41) is -0.419. The average Bonchev–Trinajstić information content (AvgIpc) is 3.01. The molecule has 1 aliphatic rings. The second-order valence-corrected chi connectivity index (χ2v) is 6.74. The normalized spacial score (nSPS) is 19.2. The Labute approximate surface area is 112 Å². The summed E-state index contributed by atoms with van der Waals surface area (Å²) in [5.41, 5.74) is 0. The summed E-state index contributed by atoms with van der Waals surface area (Å²) in [6.45, 7) is 2.23. The van der Waals surface area contributed by atoms with Gasteiger partial charge in [0.15, 0.2) is 0 Å². The number of hydrogen-bond acceptors (Lipinski definition) is 4. The number of nitrogens with one attached hydrogen (secondary N) is 1. The molecule has 1 aromatic rings. The highest BCUT2D eigenvalue weighted by Crippen LogP contribution is 2.25. The molecule has 5 nitrogen and oxygen atoms in total. The first kappa shape index (κ1) is 13.9. The predicted molar refractivity (Wildman–Crippen MR) is 69.9 cm³/mol. The molecule has 7 heteroatoms. The van der Waals surface area contributed by atoms with Crippen LogP contribution in [-0.4, -0.2) is 38.2 Å². The van der Waals surface area contributed by atoms with Crippen LogP contribution >= 0.6 is 11.6 Å². The Morgan fingerprint density at radius 3 is 2.72 bits per heavy atom. The van der Waals surface area contributed by atoms with Crippen molar-refractivity contribution < 1.29 is 12.8 Å². The first-order valence-corrected chi connectivity index (χ1v) is 8.12. The number of rotatable bonds is 6. The minimum atomic E-state index is -3.39. The van der Waals surface area contributed by atoms with Crippen molar-refractivity contribution in [3.05, 3.63) is 24.2 Å². The Morgan fingerprint density at radius 1 is 1.44 bits per heavy atom. The monoisotopic (exact) mass is 292 g/mol. The van der Waals surface area contributed by atoms with Crippen molar-refractivity contribution >= 4 is 21.6 Å². The molecule has 1 N–H and O–H groups in total. The standard InChI is InChI=1S/C11H17ClN2O3S/c12-9-18(15,16)13-8-10(11-4-3-7-17-11)14-5-1-2-6-14/h3-4,7,10,13H,1-2,5-6,8-9H2. The second kappa shape index (κ2) is 6.06. The van der Waals surface area contributed by atoms with E-state index in [1.807, 2.05) is 12.1 Å². The van der Waals surface area contributed by atoms with Crippen LogP contribution in [0.25, 0.3) is 0 Å². The van der Waals surface area contributed by atoms with Crippen molar-refractivity contribution in [3.63, 3.8) is 0 Å². The minimum Gasteiger partial charge on any atom is -0.468 e. The molecule has 1 atom stereocenters. The van der Waals surface area contributed by atoms with Gasteiger partial charge in [-0.25, -0.2) is 13.1 Å². The number of likely N-dealkylation sites (tertiary alicyclic amines) is 1. The van der Waals surface area contributed by atoms with Crippen molar-refractivity contribution in [2.45, 2.75) is 18.9 Å². The van der Waals surface area contributed by atoms with E-state index < -0.39 is 15.2 Å². The van der Waals surface area contributed by atoms with Crippen molar-refractivity contribution in [2.75, 3.05) is 24.8 Å². The van der Waals surface area contributed by atoms with Crippen molar-refractivity contribution in [1.29, 1.82) is 0 Å². The highest BCUT2D eigenvalue weighted by molar-refractivity contribution is 7.90. The van der Waals surface area contributed by atoms with E-state index >= 15 is 0 Å². The maximum absolute atomic E-state index is 11.4. The van der Waals surface area contributed by atoms with Gasteiger partial charge < -0.3 is 4.42 Å². The summed E-state index contributed by atoms with van der Waals surface area (Å²) in [7, 11) is -3.39. The van der Waals surface area contributed by atoms with Gasteiger partial charge in [0.1, 0.15) is 11.0 Å². The van der Waals surface area contributed by atoms with Crippen LogP contribution in [0, 0.1) is 0 Å². The third-order valence-electron chi connectivity index (χ3n) is 3.09. The SMILES string of the molecule is O=S(=O)(CCl)NCC(c1ccco1)N1CCCC1. The summed E-state index contributed by atoms with van der Waals surface area (Å²) < 4.78 is 30.7. The topological polar surface area (TPSA) is 62.6 Å². The smallest absolute Gasteiger partial charge is 0.225 e. The van der Waals surface area contributed by atoms with Crippen LogP contribution in [0.3, 0.4) is 0 Å². The van der Waals surface area contributed by atoms with Gasteiger partial charge in [0, 0.05) is 6.54 Å². The van der Waals surface area contributed by atoms with Gasteiger partial charge in [0.25, 0.3) is 0 Å². The molecule has 2 heterocycles. The fraction of sp³-hybridized carbons (Fsp3) is 0.636. The van der Waals surface area contributed by atoms with Gasteiger partial charge >= 0.3 is 0 Å². The van der Waals surface area contributed by atoms with Crippen molar-refractivity contribution in [3.8, 4) is 0 Å². The number of nitrogens with zero attached hydrogens (tertiary/aromatic N) is 1. The molecule has 0 saturated carbocycles. The lowest BCUT2D eigenvalue weighted by molar-refractivity contribution is 0.216. The second-order valence-electron chi connectivity index (χ2n) is 4.35. The van der Waals surface area contributed by atoms with Gasteiger partial charge in [-0.15, -0.1) is 11.6 Å². The molecule has 0 aliphatic carbocycles. The molecule has 1 aromatic heterocycles. The van der Waals surface area contributed by atoms with E-state index in [1.165, 1.54) is 0 Å². The molecular formula is C11H17ClN2O3S. The Balaban J connectivity index is 2.06. The van der Waals surface area contributed by atoms with Crippen LogP contribution in [0.4, 0.5) is 0 Å². The van der Waals surface area contributed by atoms with E-state index in [-0.39, 0.29) is 6.04 Å². The highest BCUT2D eigenvalue weighted by atomic mass is 35.5. The molecule has 0 aromatic carbocycles. The predicted octanol–water partition coefficient (Wildman–Crippen LogP) is 1.53. The lowest BCUT2D eigenvalue weighted by atomic mass is 10.2. The molecule has 18 heavy (non-hydrogen) atoms. The fourth-order valence-electron chi connectivity index (χ4n) is 2.19. The Hall–Kier alpha value is -0.560. The Morgan fingerprint density at radius 2 is 2.17 bits per heavy atom. The third-order valence-corrected chi connectivity index (χ3v) is 4.85. The molecule has 0 radical (unpaired) electrons. The van der Waals surface area contributed by atoms with Gasteiger partial charge in [-0.3, -0.25) is 4.90 Å². The molecule has 0 bridgehead atoms. The fourth-order valence-corrected chi connectivity index (χ4v) is 2.91. The molecular weight excluding hydrogens is 276 g/mol. The van der Waals surface area contributed by atoms with E-state index in [1.54, 1.807) is 6.26 Å². The zero-order valence-electron chi connectivity index (χ0n) is 10.0. The van der Waals surface area contributed by atoms with Crippen LogP contribution < -0.4 is 4.72 Å². The summed E-state index contributed by atoms with van der Waals surface area (Å²) >= 11 is 5.37. The number of sulfonamides is 1. The van der Waals surface area contributed by atoms with E-state index in [0.717, 1.165) is 31.7 Å². The zero-order valence-corrected chi connectivity index (χ0v) is 11.6. The lowest BCUT2D eigenvalue weighted by Gasteiger charge is -2.25. The van der Waals surface area contributed by atoms with Crippen molar-refractivity contribution in [1.82, 2.24) is 9.62 Å². The average molecular weight is 293 g/mol. The highest BCUT2D eigenvalue weighted by Gasteiger charge is 2.26. The largest absolute Gasteiger partial charge is 0.468 e. The number of hydrogen-bond donors (Lipinski definition) is 1. The molecule has 0 amide bonds. The van der Waals surface area contributed by atoms with E-state index in [0.29, 0.717) is 6.54 Å². The van der Waals surface area contributed by atoms with Crippen LogP contribution in [0.2, 0.25) is 0 Å². The minimum absolute atomic E-state index is 0.0551. The van der Waals surface area contributed by atoms with Crippen molar-refractivity contribution in [2.24, 2.45) is 0 Å². The summed E-state index contributed by atoms with van der Waals surface area (Å²) in [6.07, 6.45) is 3.88. The molecule has 2 rings (SSSR count). The molecule has 1 fully saturated rings. The maximum Gasteiger partial charge on any atom is 0.225 e. The summed E-state index contributed by atoms with van der Waals surface area (Å²) in [6, 6.07) is 3.63. The van der Waals surface area contributed by atoms with Gasteiger partial charge in [0.05, 0.1) is 12.3 Å². The molecule has 1 aliphatic heterocycles. The maximum atomic E-state index is 11.4. The van der Waals surface area contributed by atoms with E-state index in [4.69, 9.17) is 16.0 Å². The number of halogens is 1. The van der Waals surface area contributed by atoms with Crippen LogP contribution in [-0.2, 0) is 10.0 Å². The first-order chi connectivity index (χ1) is 8.62. The third kappa shape index (κ3) is 3.47. The van der Waals surface area contributed by atoms with Crippen LogP contribution in [0.15, 0.2) is 22.8 Å². The van der Waals surface area contributed by atoms with Crippen LogP contribution in [0.1, 0.15) is 24.6 Å². The van der Waals surface area contributed by atoms with Crippen LogP contribution in [0.5, 0.6) is 0 Å². The summed E-state index contributed by atoms with van der Waals surface area (Å²) in [4.78, 5) is 2.23. The lowest BCUT2D eigenvalue weighted by Crippen LogP contribution is -2.36. The summed E-state index contributed by atoms with van der Waals surface area (Å²) in [5.74, 6) is 0.786. The van der Waals surface area contributed by atoms with Gasteiger partial charge in [-0.2, -0.15) is 0 Å². The molecule has 1 unspecified atom stereocenters. The molecule has 1 saturated heterocycles.